The second-order valence-corrected chi connectivity index (χ2v) is 6.53. The molecular formula is C17H23N3. The number of rotatable bonds is 2. The molecule has 3 N–H and O–H groups in total. The Balaban J connectivity index is 1.93. The summed E-state index contributed by atoms with van der Waals surface area (Å²) in [5.74, 6) is 0. The summed E-state index contributed by atoms with van der Waals surface area (Å²) >= 11 is 0. The molecule has 0 bridgehead atoms. The molecule has 3 heteroatoms. The van der Waals surface area contributed by atoms with Crippen LogP contribution >= 0.6 is 0 Å². The average molecular weight is 269 g/mol. The summed E-state index contributed by atoms with van der Waals surface area (Å²) in [6, 6.07) is 8.58. The summed E-state index contributed by atoms with van der Waals surface area (Å²) < 4.78 is 0. The number of benzene rings is 1. The molecule has 2 aromatic rings. The van der Waals surface area contributed by atoms with Crippen LogP contribution in [-0.2, 0) is 0 Å². The summed E-state index contributed by atoms with van der Waals surface area (Å²) in [6.07, 6.45) is 6.94. The van der Waals surface area contributed by atoms with E-state index in [2.05, 4.69) is 30.2 Å². The van der Waals surface area contributed by atoms with Crippen LogP contribution in [0.5, 0.6) is 0 Å². The number of hydrogen-bond acceptors (Lipinski definition) is 3. The summed E-state index contributed by atoms with van der Waals surface area (Å²) in [6.45, 7) is 4.70. The van der Waals surface area contributed by atoms with E-state index in [-0.39, 0.29) is 0 Å². The molecule has 0 spiro atoms. The van der Waals surface area contributed by atoms with E-state index in [0.717, 1.165) is 22.3 Å². The highest BCUT2D eigenvalue weighted by Crippen LogP contribution is 2.38. The Kier molecular flexibility index (Phi) is 3.28. The second kappa shape index (κ2) is 4.97. The van der Waals surface area contributed by atoms with Gasteiger partial charge in [-0.15, -0.1) is 0 Å². The van der Waals surface area contributed by atoms with Gasteiger partial charge < -0.3 is 11.1 Å². The van der Waals surface area contributed by atoms with Gasteiger partial charge in [-0.25, -0.2) is 0 Å². The molecule has 1 fully saturated rings. The maximum absolute atomic E-state index is 6.32. The zero-order valence-electron chi connectivity index (χ0n) is 12.3. The van der Waals surface area contributed by atoms with Crippen molar-refractivity contribution in [2.24, 2.45) is 5.41 Å². The predicted molar refractivity (Wildman–Crippen MR) is 85.8 cm³/mol. The van der Waals surface area contributed by atoms with Crippen molar-refractivity contribution in [1.82, 2.24) is 4.98 Å². The smallest absolute Gasteiger partial charge is 0.0724 e. The first-order valence-corrected chi connectivity index (χ1v) is 7.48. The molecule has 1 aliphatic rings. The van der Waals surface area contributed by atoms with Crippen molar-refractivity contribution >= 4 is 22.3 Å². The molecule has 0 radical (unpaired) electrons. The van der Waals surface area contributed by atoms with Gasteiger partial charge in [0.15, 0.2) is 0 Å². The number of anilines is 2. The van der Waals surface area contributed by atoms with Crippen LogP contribution in [0.4, 0.5) is 11.4 Å². The van der Waals surface area contributed by atoms with E-state index in [1.54, 1.807) is 6.20 Å². The highest BCUT2D eigenvalue weighted by molar-refractivity contribution is 5.96. The third kappa shape index (κ3) is 2.33. The monoisotopic (exact) mass is 269 g/mol. The topological polar surface area (TPSA) is 50.9 Å². The van der Waals surface area contributed by atoms with Crippen molar-refractivity contribution in [3.8, 4) is 0 Å². The molecule has 106 valence electrons. The number of hydrogen-bond donors (Lipinski definition) is 2. The molecule has 1 heterocycles. The summed E-state index contributed by atoms with van der Waals surface area (Å²) in [5.41, 5.74) is 9.47. The van der Waals surface area contributed by atoms with Crippen LogP contribution < -0.4 is 11.1 Å². The van der Waals surface area contributed by atoms with Crippen LogP contribution in [0.25, 0.3) is 10.9 Å². The first-order valence-electron chi connectivity index (χ1n) is 7.48. The van der Waals surface area contributed by atoms with E-state index in [0.29, 0.717) is 11.5 Å². The fraction of sp³-hybridized carbons (Fsp3) is 0.471. The molecule has 1 saturated carbocycles. The largest absolute Gasteiger partial charge is 0.397 e. The number of nitrogens with two attached hydrogens (primary N) is 1. The first kappa shape index (κ1) is 13.2. The zero-order valence-corrected chi connectivity index (χ0v) is 12.3. The van der Waals surface area contributed by atoms with Gasteiger partial charge in [0.1, 0.15) is 0 Å². The molecule has 1 unspecified atom stereocenters. The maximum Gasteiger partial charge on any atom is 0.0724 e. The van der Waals surface area contributed by atoms with E-state index >= 15 is 0 Å². The fourth-order valence-corrected chi connectivity index (χ4v) is 3.25. The Morgan fingerprint density at radius 2 is 2.10 bits per heavy atom. The van der Waals surface area contributed by atoms with Crippen LogP contribution in [-0.4, -0.2) is 11.0 Å². The molecule has 1 aromatic carbocycles. The minimum absolute atomic E-state index is 0.328. The molecule has 0 aliphatic heterocycles. The molecule has 3 rings (SSSR count). The number of fused-ring (bicyclic) bond motifs is 1. The number of aromatic nitrogens is 1. The van der Waals surface area contributed by atoms with E-state index < -0.39 is 0 Å². The van der Waals surface area contributed by atoms with E-state index in [9.17, 15) is 0 Å². The Hall–Kier alpha value is -1.77. The minimum Gasteiger partial charge on any atom is -0.397 e. The average Bonchev–Trinajstić information content (AvgIpc) is 2.44. The lowest BCUT2D eigenvalue weighted by atomic mass is 9.73. The van der Waals surface area contributed by atoms with Gasteiger partial charge in [-0.1, -0.05) is 26.7 Å². The highest BCUT2D eigenvalue weighted by Gasteiger charge is 2.32. The third-order valence-electron chi connectivity index (χ3n) is 4.66. The molecule has 3 nitrogen and oxygen atoms in total. The number of pyridine rings is 1. The summed E-state index contributed by atoms with van der Waals surface area (Å²) in [4.78, 5) is 4.35. The van der Waals surface area contributed by atoms with Gasteiger partial charge in [0.2, 0.25) is 0 Å². The number of nitrogen functional groups attached to an aromatic ring is 1. The van der Waals surface area contributed by atoms with Crippen molar-refractivity contribution in [1.29, 1.82) is 0 Å². The molecule has 1 atom stereocenters. The van der Waals surface area contributed by atoms with Crippen molar-refractivity contribution < 1.29 is 0 Å². The normalized spacial score (nSPS) is 21.8. The molecule has 0 amide bonds. The second-order valence-electron chi connectivity index (χ2n) is 6.53. The SMILES string of the molecule is CC1(C)CCCCC1Nc1ccc2ncccc2c1N. The van der Waals surface area contributed by atoms with Gasteiger partial charge in [0.05, 0.1) is 16.9 Å². The lowest BCUT2D eigenvalue weighted by Gasteiger charge is -2.40. The Morgan fingerprint density at radius 3 is 2.90 bits per heavy atom. The standard InChI is InChI=1S/C17H23N3/c1-17(2)10-4-3-7-15(17)20-14-9-8-13-12(16(14)18)6-5-11-19-13/h5-6,8-9,11,15,20H,3-4,7,10,18H2,1-2H3. The summed E-state index contributed by atoms with van der Waals surface area (Å²) in [5, 5.41) is 4.71. The van der Waals surface area contributed by atoms with Crippen molar-refractivity contribution in [2.45, 2.75) is 45.6 Å². The fourth-order valence-electron chi connectivity index (χ4n) is 3.25. The zero-order chi connectivity index (χ0) is 14.2. The Bertz CT molecular complexity index is 619. The van der Waals surface area contributed by atoms with E-state index in [1.807, 2.05) is 18.2 Å². The maximum atomic E-state index is 6.32. The van der Waals surface area contributed by atoms with Crippen molar-refractivity contribution in [2.75, 3.05) is 11.1 Å². The Labute approximate surface area is 120 Å². The van der Waals surface area contributed by atoms with Gasteiger partial charge in [-0.3, -0.25) is 4.98 Å². The number of nitrogens with one attached hydrogen (secondary N) is 1. The molecule has 1 aromatic heterocycles. The predicted octanol–water partition coefficient (Wildman–Crippen LogP) is 4.20. The first-order chi connectivity index (χ1) is 9.58. The van der Waals surface area contributed by atoms with Gasteiger partial charge in [0.25, 0.3) is 0 Å². The molecule has 0 saturated heterocycles. The number of nitrogens with zero attached hydrogens (tertiary/aromatic N) is 1. The van der Waals surface area contributed by atoms with Crippen LogP contribution in [0, 0.1) is 5.41 Å². The van der Waals surface area contributed by atoms with Crippen molar-refractivity contribution in [3.63, 3.8) is 0 Å². The van der Waals surface area contributed by atoms with Crippen LogP contribution in [0.3, 0.4) is 0 Å². The molecule has 1 aliphatic carbocycles. The molecular weight excluding hydrogens is 246 g/mol. The highest BCUT2D eigenvalue weighted by atomic mass is 15.0. The van der Waals surface area contributed by atoms with Crippen LogP contribution in [0.2, 0.25) is 0 Å². The lowest BCUT2D eigenvalue weighted by molar-refractivity contribution is 0.217. The van der Waals surface area contributed by atoms with Crippen LogP contribution in [0.1, 0.15) is 39.5 Å². The van der Waals surface area contributed by atoms with E-state index in [1.165, 1.54) is 25.7 Å². The minimum atomic E-state index is 0.328. The van der Waals surface area contributed by atoms with E-state index in [4.69, 9.17) is 5.73 Å². The Morgan fingerprint density at radius 1 is 1.25 bits per heavy atom. The van der Waals surface area contributed by atoms with Crippen LogP contribution in [0.15, 0.2) is 30.5 Å². The van der Waals surface area contributed by atoms with Crippen molar-refractivity contribution in [3.05, 3.63) is 30.5 Å². The molecule has 20 heavy (non-hydrogen) atoms. The van der Waals surface area contributed by atoms with Gasteiger partial charge in [0, 0.05) is 17.6 Å². The third-order valence-corrected chi connectivity index (χ3v) is 4.66. The summed E-state index contributed by atoms with van der Waals surface area (Å²) in [7, 11) is 0. The van der Waals surface area contributed by atoms with Gasteiger partial charge in [-0.2, -0.15) is 0 Å². The lowest BCUT2D eigenvalue weighted by Crippen LogP contribution is -2.39. The van der Waals surface area contributed by atoms with Gasteiger partial charge in [-0.05, 0) is 42.5 Å². The quantitative estimate of drug-likeness (QED) is 0.803. The van der Waals surface area contributed by atoms with Gasteiger partial charge >= 0.3 is 0 Å².